The van der Waals surface area contributed by atoms with Gasteiger partial charge in [-0.3, -0.25) is 0 Å². The average molecular weight is 304 g/mol. The molecule has 116 valence electrons. The third-order valence-electron chi connectivity index (χ3n) is 3.19. The fourth-order valence-electron chi connectivity index (χ4n) is 1.86. The number of methoxy groups -OCH3 is 1. The first-order valence-corrected chi connectivity index (χ1v) is 7.91. The summed E-state index contributed by atoms with van der Waals surface area (Å²) in [5.74, 6) is 1.01. The summed E-state index contributed by atoms with van der Waals surface area (Å²) >= 11 is 0. The second-order valence-electron chi connectivity index (χ2n) is 5.34. The van der Waals surface area contributed by atoms with Crippen LogP contribution in [0.2, 0.25) is 0 Å². The highest BCUT2D eigenvalue weighted by molar-refractivity contribution is 7.89. The lowest BCUT2D eigenvalue weighted by Gasteiger charge is -2.23. The average Bonchev–Trinajstić information content (AvgIpc) is 2.63. The molecule has 20 heavy (non-hydrogen) atoms. The van der Waals surface area contributed by atoms with Gasteiger partial charge in [0.15, 0.2) is 0 Å². The van der Waals surface area contributed by atoms with Crippen molar-refractivity contribution in [1.82, 2.24) is 10.0 Å². The maximum Gasteiger partial charge on any atom is 0.244 e. The number of aryl methyl sites for hydroxylation is 2. The van der Waals surface area contributed by atoms with Crippen LogP contribution in [-0.2, 0) is 21.3 Å². The zero-order valence-corrected chi connectivity index (χ0v) is 13.8. The number of nitrogens with one attached hydrogen (secondary N) is 2. The Hall–Kier alpha value is -0.890. The van der Waals surface area contributed by atoms with Gasteiger partial charge in [0, 0.05) is 25.8 Å². The van der Waals surface area contributed by atoms with Gasteiger partial charge in [-0.1, -0.05) is 0 Å². The summed E-state index contributed by atoms with van der Waals surface area (Å²) in [6.07, 6.45) is 0. The predicted octanol–water partition coefficient (Wildman–Crippen LogP) is 1.32. The smallest absolute Gasteiger partial charge is 0.244 e. The van der Waals surface area contributed by atoms with Crippen LogP contribution in [-0.4, -0.2) is 34.7 Å². The van der Waals surface area contributed by atoms with E-state index < -0.39 is 15.6 Å². The van der Waals surface area contributed by atoms with Gasteiger partial charge in [-0.05, 0) is 34.7 Å². The highest BCUT2D eigenvalue weighted by Crippen LogP contribution is 2.26. The summed E-state index contributed by atoms with van der Waals surface area (Å²) in [4.78, 5) is 0.219. The zero-order valence-electron chi connectivity index (χ0n) is 13.0. The third kappa shape index (κ3) is 3.82. The monoisotopic (exact) mass is 304 g/mol. The molecule has 0 atom stereocenters. The summed E-state index contributed by atoms with van der Waals surface area (Å²) < 4.78 is 38.2. The molecule has 0 fully saturated rings. The van der Waals surface area contributed by atoms with E-state index in [1.165, 1.54) is 0 Å². The summed E-state index contributed by atoms with van der Waals surface area (Å²) in [6, 6.07) is 0. The number of sulfonamides is 1. The molecule has 0 aliphatic carbocycles. The van der Waals surface area contributed by atoms with Gasteiger partial charge >= 0.3 is 0 Å². The van der Waals surface area contributed by atoms with Crippen LogP contribution in [0.25, 0.3) is 0 Å². The molecule has 0 bridgehead atoms. The minimum Gasteiger partial charge on any atom is -0.465 e. The molecule has 0 unspecified atom stereocenters. The van der Waals surface area contributed by atoms with Crippen molar-refractivity contribution in [1.29, 1.82) is 0 Å². The van der Waals surface area contributed by atoms with E-state index in [4.69, 9.17) is 9.15 Å². The van der Waals surface area contributed by atoms with E-state index in [2.05, 4.69) is 10.0 Å². The third-order valence-corrected chi connectivity index (χ3v) is 4.78. The number of hydrogen-bond acceptors (Lipinski definition) is 5. The van der Waals surface area contributed by atoms with Crippen LogP contribution in [0.15, 0.2) is 9.31 Å². The molecule has 0 aliphatic heterocycles. The molecule has 1 heterocycles. The molecule has 0 aromatic carbocycles. The first-order chi connectivity index (χ1) is 9.14. The Bertz CT molecular complexity index is 561. The minimum absolute atomic E-state index is 0.189. The standard InChI is InChI=1S/C13H24N2O4S/c1-9-11(7-14-5)12(10(2)19-9)20(16,17)15-8-13(3,4)18-6/h14-15H,7-8H2,1-6H3. The Balaban J connectivity index is 3.10. The fraction of sp³-hybridized carbons (Fsp3) is 0.692. The van der Waals surface area contributed by atoms with Gasteiger partial charge in [-0.2, -0.15) is 0 Å². The van der Waals surface area contributed by atoms with Crippen LogP contribution in [0.5, 0.6) is 0 Å². The lowest BCUT2D eigenvalue weighted by Crippen LogP contribution is -2.40. The molecule has 7 heteroatoms. The van der Waals surface area contributed by atoms with Crippen molar-refractivity contribution in [3.63, 3.8) is 0 Å². The Morgan fingerprint density at radius 1 is 1.25 bits per heavy atom. The largest absolute Gasteiger partial charge is 0.465 e. The molecule has 0 amide bonds. The van der Waals surface area contributed by atoms with E-state index in [0.717, 1.165) is 0 Å². The molecule has 0 aliphatic rings. The van der Waals surface area contributed by atoms with Gasteiger partial charge in [0.05, 0.1) is 5.60 Å². The Labute approximate surface area is 120 Å². The van der Waals surface area contributed by atoms with Gasteiger partial charge in [-0.15, -0.1) is 0 Å². The van der Waals surface area contributed by atoms with Crippen molar-refractivity contribution in [2.24, 2.45) is 0 Å². The van der Waals surface area contributed by atoms with Crippen LogP contribution in [0.1, 0.15) is 30.9 Å². The number of ether oxygens (including phenoxy) is 1. The first kappa shape index (κ1) is 17.2. The van der Waals surface area contributed by atoms with Crippen molar-refractivity contribution in [3.8, 4) is 0 Å². The normalized spacial score (nSPS) is 12.9. The zero-order chi connectivity index (χ0) is 15.6. The van der Waals surface area contributed by atoms with Crippen LogP contribution < -0.4 is 10.0 Å². The quantitative estimate of drug-likeness (QED) is 0.794. The van der Waals surface area contributed by atoms with Gasteiger partial charge < -0.3 is 14.5 Å². The number of rotatable bonds is 7. The van der Waals surface area contributed by atoms with E-state index in [1.54, 1.807) is 28.0 Å². The van der Waals surface area contributed by atoms with Gasteiger partial charge in [0.25, 0.3) is 0 Å². The summed E-state index contributed by atoms with van der Waals surface area (Å²) in [5, 5.41) is 2.96. The second-order valence-corrected chi connectivity index (χ2v) is 7.04. The van der Waals surface area contributed by atoms with Gasteiger partial charge in [0.2, 0.25) is 10.0 Å². The van der Waals surface area contributed by atoms with Crippen LogP contribution >= 0.6 is 0 Å². The van der Waals surface area contributed by atoms with E-state index in [0.29, 0.717) is 23.6 Å². The number of hydrogen-bond donors (Lipinski definition) is 2. The van der Waals surface area contributed by atoms with Crippen molar-refractivity contribution in [3.05, 3.63) is 17.1 Å². The van der Waals surface area contributed by atoms with E-state index in [-0.39, 0.29) is 11.4 Å². The Kier molecular flexibility index (Phi) is 5.37. The SMILES string of the molecule is CNCc1c(C)oc(C)c1S(=O)(=O)NCC(C)(C)OC. The molecular formula is C13H24N2O4S. The minimum atomic E-state index is -3.63. The van der Waals surface area contributed by atoms with Gasteiger partial charge in [-0.25, -0.2) is 13.1 Å². The lowest BCUT2D eigenvalue weighted by molar-refractivity contribution is 0.0276. The highest BCUT2D eigenvalue weighted by atomic mass is 32.2. The van der Waals surface area contributed by atoms with Crippen LogP contribution in [0.3, 0.4) is 0 Å². The maximum absolute atomic E-state index is 12.5. The van der Waals surface area contributed by atoms with Crippen molar-refractivity contribution >= 4 is 10.0 Å². The molecule has 0 saturated carbocycles. The fourth-order valence-corrected chi connectivity index (χ4v) is 3.50. The van der Waals surface area contributed by atoms with Crippen LogP contribution in [0, 0.1) is 13.8 Å². The molecule has 0 saturated heterocycles. The van der Waals surface area contributed by atoms with Crippen molar-refractivity contribution in [2.75, 3.05) is 20.7 Å². The topological polar surface area (TPSA) is 80.6 Å². The molecule has 0 radical (unpaired) electrons. The van der Waals surface area contributed by atoms with E-state index in [9.17, 15) is 8.42 Å². The molecule has 6 nitrogen and oxygen atoms in total. The van der Waals surface area contributed by atoms with Crippen LogP contribution in [0.4, 0.5) is 0 Å². The molecule has 1 aromatic heterocycles. The molecule has 2 N–H and O–H groups in total. The maximum atomic E-state index is 12.5. The Morgan fingerprint density at radius 3 is 2.35 bits per heavy atom. The molecule has 0 spiro atoms. The predicted molar refractivity (Wildman–Crippen MR) is 77.2 cm³/mol. The Morgan fingerprint density at radius 2 is 1.85 bits per heavy atom. The first-order valence-electron chi connectivity index (χ1n) is 6.43. The number of furan rings is 1. The van der Waals surface area contributed by atoms with Crippen molar-refractivity contribution in [2.45, 2.75) is 44.7 Å². The summed E-state index contributed by atoms with van der Waals surface area (Å²) in [7, 11) is -0.317. The van der Waals surface area contributed by atoms with Crippen molar-refractivity contribution < 1.29 is 17.6 Å². The molecule has 1 aromatic rings. The van der Waals surface area contributed by atoms with Gasteiger partial charge in [0.1, 0.15) is 16.4 Å². The van der Waals surface area contributed by atoms with E-state index >= 15 is 0 Å². The highest BCUT2D eigenvalue weighted by Gasteiger charge is 2.28. The second kappa shape index (κ2) is 6.26. The summed E-state index contributed by atoms with van der Waals surface area (Å²) in [6.45, 7) is 7.68. The molecular weight excluding hydrogens is 280 g/mol. The summed E-state index contributed by atoms with van der Waals surface area (Å²) in [5.41, 5.74) is 0.0934. The molecule has 1 rings (SSSR count). The van der Waals surface area contributed by atoms with E-state index in [1.807, 2.05) is 13.8 Å². The lowest BCUT2D eigenvalue weighted by atomic mass is 10.1.